The van der Waals surface area contributed by atoms with Gasteiger partial charge in [0.25, 0.3) is 5.82 Å². The van der Waals surface area contributed by atoms with E-state index in [1.165, 1.54) is 10.8 Å². The normalized spacial score (nSPS) is 8.92. The molecule has 25 heavy (non-hydrogen) atoms. The average molecular weight is 541 g/mol. The van der Waals surface area contributed by atoms with Crippen LogP contribution in [-0.2, 0) is 62.3 Å². The number of hydrogen-bond donors (Lipinski definition) is 0. The van der Waals surface area contributed by atoms with Crippen LogP contribution in [0.4, 0.5) is 22.0 Å². The van der Waals surface area contributed by atoms with Crippen molar-refractivity contribution in [3.05, 3.63) is 52.9 Å². The smallest absolute Gasteiger partial charge is 0.256 e. The van der Waals surface area contributed by atoms with E-state index in [-0.39, 0.29) is 42.3 Å². The Morgan fingerprint density at radius 2 is 1.24 bits per heavy atom. The first-order valence-electron chi connectivity index (χ1n) is 5.92. The van der Waals surface area contributed by atoms with Crippen LogP contribution in [0.1, 0.15) is 18.3 Å². The molecule has 12 heteroatoms. The van der Waals surface area contributed by atoms with Crippen LogP contribution in [0.5, 0.6) is 0 Å². The molecule has 1 aromatic carbocycles. The minimum Gasteiger partial charge on any atom is -2.00 e. The van der Waals surface area contributed by atoms with E-state index in [4.69, 9.17) is 0 Å². The Morgan fingerprint density at radius 1 is 0.840 bits per heavy atom. The van der Waals surface area contributed by atoms with Crippen molar-refractivity contribution in [2.45, 2.75) is 19.9 Å². The van der Waals surface area contributed by atoms with Gasteiger partial charge in [-0.1, -0.05) is 6.92 Å². The molecule has 0 spiro atoms. The van der Waals surface area contributed by atoms with Crippen molar-refractivity contribution >= 4 is 0 Å². The molecule has 2 aromatic rings. The molecule has 0 aliphatic carbocycles. The summed E-state index contributed by atoms with van der Waals surface area (Å²) in [6.07, 6.45) is 3.72. The Balaban J connectivity index is -0.000000441. The fourth-order valence-corrected chi connectivity index (χ4v) is 2.11. The molecule has 0 fully saturated rings. The van der Waals surface area contributed by atoms with Crippen molar-refractivity contribution in [2.75, 3.05) is 0 Å². The van der Waals surface area contributed by atoms with E-state index in [0.717, 1.165) is 0 Å². The van der Waals surface area contributed by atoms with Gasteiger partial charge < -0.3 is 21.9 Å². The molecule has 1 radical (unpaired) electrons. The number of imidazole rings is 1. The second kappa shape index (κ2) is 12.0. The Kier molecular flexibility index (Phi) is 15.1. The Labute approximate surface area is 153 Å². The van der Waals surface area contributed by atoms with E-state index < -0.39 is 41.2 Å². The van der Waals surface area contributed by atoms with Crippen molar-refractivity contribution < 1.29 is 68.8 Å². The monoisotopic (exact) mass is 542 g/mol. The summed E-state index contributed by atoms with van der Waals surface area (Å²) in [5, 5.41) is 0. The van der Waals surface area contributed by atoms with E-state index in [9.17, 15) is 22.0 Å². The first-order valence-corrected chi connectivity index (χ1v) is 5.92. The topological polar surface area (TPSA) is 123 Å². The molecule has 1 heterocycles. The third-order valence-electron chi connectivity index (χ3n) is 3.15. The zero-order chi connectivity index (χ0) is 15.0. The number of nitrogens with zero attached hydrogens (tertiary/aromatic N) is 2. The van der Waals surface area contributed by atoms with E-state index in [1.54, 1.807) is 17.8 Å². The van der Waals surface area contributed by atoms with Crippen LogP contribution in [0.25, 0.3) is 0 Å². The van der Waals surface area contributed by atoms with E-state index in [1.807, 2.05) is 6.92 Å². The molecule has 0 aliphatic heterocycles. The molecule has 1 aromatic heterocycles. The molecule has 0 unspecified atom stereocenters. The third-order valence-corrected chi connectivity index (χ3v) is 3.15. The van der Waals surface area contributed by atoms with Crippen molar-refractivity contribution in [1.82, 2.24) is 4.57 Å². The van der Waals surface area contributed by atoms with Crippen LogP contribution in [0.2, 0.25) is 0 Å². The molecule has 0 aliphatic rings. The summed E-state index contributed by atoms with van der Waals surface area (Å²) in [6.45, 7) is 1.40. The van der Waals surface area contributed by atoms with Crippen molar-refractivity contribution in [3.8, 4) is 0 Å². The van der Waals surface area contributed by atoms with Crippen LogP contribution in [-0.4, -0.2) is 4.57 Å². The van der Waals surface area contributed by atoms with Gasteiger partial charge in [-0.25, -0.2) is 31.1 Å². The zero-order valence-corrected chi connectivity index (χ0v) is 15.6. The Bertz CT molecular complexity index is 656. The maximum absolute atomic E-state index is 13.6. The minimum absolute atomic E-state index is 0. The maximum atomic E-state index is 13.6. The summed E-state index contributed by atoms with van der Waals surface area (Å²) in [6, 6.07) is 0. The van der Waals surface area contributed by atoms with Crippen molar-refractivity contribution in [1.29, 1.82) is 0 Å². The van der Waals surface area contributed by atoms with Gasteiger partial charge in [-0.15, -0.1) is 0 Å². The molecule has 0 N–H and O–H groups in total. The predicted octanol–water partition coefficient (Wildman–Crippen LogP) is 2.14. The second-order valence-corrected chi connectivity index (χ2v) is 4.36. The van der Waals surface area contributed by atoms with Gasteiger partial charge in [-0.3, -0.25) is 0 Å². The molecule has 2 rings (SSSR count). The first-order chi connectivity index (χ1) is 9.38. The molecule has 0 amide bonds. The van der Waals surface area contributed by atoms with Gasteiger partial charge in [0.05, 0.1) is 12.6 Å². The van der Waals surface area contributed by atoms with Gasteiger partial charge in [0.1, 0.15) is 18.9 Å². The summed E-state index contributed by atoms with van der Waals surface area (Å²) >= 11 is 0. The molecular formula is C13H12F5N2O4Re-7. The van der Waals surface area contributed by atoms with Gasteiger partial charge in [0.15, 0.2) is 23.3 Å². The van der Waals surface area contributed by atoms with Crippen LogP contribution in [0.3, 0.4) is 0 Å². The standard InChI is InChI=1S/C13H12F5N2.4O.Re/c1-3-8-19(2)4-5-20(8)6-7-9(14)11(16)13(18)12(17)10(7)15;;;;;/h4-5H,3,6H2,1-2H3;;;;;/q+1;4*-2;. The summed E-state index contributed by atoms with van der Waals surface area (Å²) in [5.41, 5.74) is -0.840. The van der Waals surface area contributed by atoms with E-state index >= 15 is 0 Å². The SMILES string of the molecule is CCc1n(Cc2c(F)c(F)c(F)c(F)c2F)cc[n+]1C.[O-2].[O-2].[O-2].[O-2].[Re]. The molecule has 0 atom stereocenters. The van der Waals surface area contributed by atoms with Gasteiger partial charge in [-0.05, 0) is 0 Å². The van der Waals surface area contributed by atoms with E-state index in [2.05, 4.69) is 0 Å². The van der Waals surface area contributed by atoms with Gasteiger partial charge >= 0.3 is 0 Å². The fraction of sp³-hybridized carbons (Fsp3) is 0.308. The Morgan fingerprint density at radius 3 is 1.64 bits per heavy atom. The van der Waals surface area contributed by atoms with Crippen LogP contribution >= 0.6 is 0 Å². The van der Waals surface area contributed by atoms with Gasteiger partial charge in [0, 0.05) is 26.8 Å². The average Bonchev–Trinajstić information content (AvgIpc) is 2.79. The quantitative estimate of drug-likeness (QED) is 0.245. The minimum atomic E-state index is -2.14. The fourth-order valence-electron chi connectivity index (χ4n) is 2.11. The molecule has 0 saturated heterocycles. The molecular weight excluding hydrogens is 529 g/mol. The molecule has 6 nitrogen and oxygen atoms in total. The third kappa shape index (κ3) is 5.53. The van der Waals surface area contributed by atoms with Gasteiger partial charge in [0.2, 0.25) is 5.82 Å². The zero-order valence-electron chi connectivity index (χ0n) is 12.9. The molecule has 0 bridgehead atoms. The van der Waals surface area contributed by atoms with Crippen LogP contribution < -0.4 is 4.57 Å². The Hall–Kier alpha value is -1.42. The molecule has 147 valence electrons. The summed E-state index contributed by atoms with van der Waals surface area (Å²) in [5.74, 6) is -8.87. The predicted molar refractivity (Wildman–Crippen MR) is 63.1 cm³/mol. The summed E-state index contributed by atoms with van der Waals surface area (Å²) in [4.78, 5) is 0. The molecule has 0 saturated carbocycles. The van der Waals surface area contributed by atoms with E-state index in [0.29, 0.717) is 12.2 Å². The number of benzene rings is 1. The largest absolute Gasteiger partial charge is 2.00 e. The summed E-state index contributed by atoms with van der Waals surface area (Å²) in [7, 11) is 1.73. The number of aromatic nitrogens is 2. The maximum Gasteiger partial charge on any atom is 0.256 e. The first kappa shape index (κ1) is 31.4. The number of hydrogen-bond acceptors (Lipinski definition) is 0. The van der Waals surface area contributed by atoms with Crippen LogP contribution in [0.15, 0.2) is 12.4 Å². The summed E-state index contributed by atoms with van der Waals surface area (Å²) < 4.78 is 69.5. The number of rotatable bonds is 3. The number of halogens is 5. The van der Waals surface area contributed by atoms with Crippen molar-refractivity contribution in [2.24, 2.45) is 7.05 Å². The van der Waals surface area contributed by atoms with Crippen molar-refractivity contribution in [3.63, 3.8) is 0 Å². The number of aryl methyl sites for hydroxylation is 1. The van der Waals surface area contributed by atoms with Gasteiger partial charge in [-0.2, -0.15) is 0 Å². The second-order valence-electron chi connectivity index (χ2n) is 4.36. The van der Waals surface area contributed by atoms with Crippen LogP contribution in [0, 0.1) is 29.1 Å².